The van der Waals surface area contributed by atoms with E-state index in [0.717, 1.165) is 6.42 Å². The summed E-state index contributed by atoms with van der Waals surface area (Å²) in [5.41, 5.74) is 0. The second kappa shape index (κ2) is 9.70. The van der Waals surface area contributed by atoms with Crippen LogP contribution in [0.1, 0.15) is 41.0 Å². The smallest absolute Gasteiger partial charge is 0.282 e. The topological polar surface area (TPSA) is 70.2 Å². The minimum atomic E-state index is -3.42. The molecule has 0 bridgehead atoms. The summed E-state index contributed by atoms with van der Waals surface area (Å²) >= 11 is 0. The first-order valence-electron chi connectivity index (χ1n) is 8.89. The number of piperazine rings is 1. The molecule has 8 heteroatoms. The van der Waals surface area contributed by atoms with Crippen LogP contribution in [0.4, 0.5) is 0 Å². The molecule has 0 saturated carbocycles. The van der Waals surface area contributed by atoms with Crippen molar-refractivity contribution in [1.82, 2.24) is 13.5 Å². The van der Waals surface area contributed by atoms with Gasteiger partial charge in [-0.3, -0.25) is 4.79 Å². The van der Waals surface area contributed by atoms with Gasteiger partial charge in [0.2, 0.25) is 0 Å². The average Bonchev–Trinajstić information content (AvgIpc) is 2.54. The predicted molar refractivity (Wildman–Crippen MR) is 94.9 cm³/mol. The molecule has 0 unspecified atom stereocenters. The predicted octanol–water partition coefficient (Wildman–Crippen LogP) is 1.17. The number of amides is 1. The number of hydrogen-bond donors (Lipinski definition) is 0. The first kappa shape index (κ1) is 21.3. The SMILES string of the molecule is CCN(CC)S(=O)(=O)N1CCN(C(=O)[C@@H](C)OCCC(C)C)CC1. The normalized spacial score (nSPS) is 18.4. The summed E-state index contributed by atoms with van der Waals surface area (Å²) in [6.07, 6.45) is 0.447. The molecular weight excluding hydrogens is 330 g/mol. The van der Waals surface area contributed by atoms with Crippen molar-refractivity contribution in [2.45, 2.75) is 47.1 Å². The lowest BCUT2D eigenvalue weighted by molar-refractivity contribution is -0.144. The second-order valence-corrected chi connectivity index (χ2v) is 8.44. The fraction of sp³-hybridized carbons (Fsp3) is 0.938. The molecule has 0 aromatic carbocycles. The summed E-state index contributed by atoms with van der Waals surface area (Å²) in [7, 11) is -3.42. The van der Waals surface area contributed by atoms with Crippen LogP contribution in [0, 0.1) is 5.92 Å². The molecule has 1 aliphatic heterocycles. The molecule has 24 heavy (non-hydrogen) atoms. The zero-order valence-corrected chi connectivity index (χ0v) is 16.5. The third-order valence-electron chi connectivity index (χ3n) is 4.32. The van der Waals surface area contributed by atoms with Gasteiger partial charge in [-0.15, -0.1) is 0 Å². The van der Waals surface area contributed by atoms with Crippen LogP contribution in [0.5, 0.6) is 0 Å². The second-order valence-electron chi connectivity index (χ2n) is 6.51. The number of hydrogen-bond acceptors (Lipinski definition) is 4. The lowest BCUT2D eigenvalue weighted by Gasteiger charge is -2.37. The molecule has 0 aliphatic carbocycles. The Kier molecular flexibility index (Phi) is 8.62. The number of carbonyl (C=O) groups is 1. The van der Waals surface area contributed by atoms with E-state index in [2.05, 4.69) is 13.8 Å². The largest absolute Gasteiger partial charge is 0.369 e. The summed E-state index contributed by atoms with van der Waals surface area (Å²) in [4.78, 5) is 14.1. The third-order valence-corrected chi connectivity index (χ3v) is 6.51. The van der Waals surface area contributed by atoms with Gasteiger partial charge >= 0.3 is 0 Å². The van der Waals surface area contributed by atoms with Gasteiger partial charge < -0.3 is 9.64 Å². The van der Waals surface area contributed by atoms with E-state index >= 15 is 0 Å². The lowest BCUT2D eigenvalue weighted by Crippen LogP contribution is -2.55. The van der Waals surface area contributed by atoms with E-state index in [4.69, 9.17) is 4.74 Å². The van der Waals surface area contributed by atoms with Gasteiger partial charge in [-0.2, -0.15) is 17.0 Å². The van der Waals surface area contributed by atoms with Crippen LogP contribution >= 0.6 is 0 Å². The van der Waals surface area contributed by atoms with Gasteiger partial charge in [-0.05, 0) is 19.3 Å². The van der Waals surface area contributed by atoms with Crippen molar-refractivity contribution >= 4 is 16.1 Å². The highest BCUT2D eigenvalue weighted by molar-refractivity contribution is 7.86. The van der Waals surface area contributed by atoms with Crippen molar-refractivity contribution in [3.8, 4) is 0 Å². The van der Waals surface area contributed by atoms with E-state index < -0.39 is 16.3 Å². The summed E-state index contributed by atoms with van der Waals surface area (Å²) in [5, 5.41) is 0. The molecule has 1 saturated heterocycles. The van der Waals surface area contributed by atoms with Gasteiger partial charge in [0.15, 0.2) is 0 Å². The van der Waals surface area contributed by atoms with E-state index in [9.17, 15) is 13.2 Å². The van der Waals surface area contributed by atoms with Crippen LogP contribution in [-0.2, 0) is 19.7 Å². The Morgan fingerprint density at radius 3 is 2.08 bits per heavy atom. The summed E-state index contributed by atoms with van der Waals surface area (Å²) < 4.78 is 33.5. The molecule has 1 fully saturated rings. The van der Waals surface area contributed by atoms with E-state index in [1.807, 2.05) is 13.8 Å². The first-order valence-corrected chi connectivity index (χ1v) is 10.3. The molecule has 7 nitrogen and oxygen atoms in total. The number of carbonyl (C=O) groups excluding carboxylic acids is 1. The zero-order valence-electron chi connectivity index (χ0n) is 15.7. The number of ether oxygens (including phenoxy) is 1. The lowest BCUT2D eigenvalue weighted by atomic mass is 10.1. The number of nitrogens with zero attached hydrogens (tertiary/aromatic N) is 3. The van der Waals surface area contributed by atoms with Crippen LogP contribution in [0.2, 0.25) is 0 Å². The van der Waals surface area contributed by atoms with Crippen molar-refractivity contribution in [3.05, 3.63) is 0 Å². The fourth-order valence-corrected chi connectivity index (χ4v) is 4.27. The highest BCUT2D eigenvalue weighted by Crippen LogP contribution is 2.13. The van der Waals surface area contributed by atoms with E-state index in [1.165, 1.54) is 8.61 Å². The summed E-state index contributed by atoms with van der Waals surface area (Å²) in [6.45, 7) is 12.6. The van der Waals surface area contributed by atoms with Crippen molar-refractivity contribution in [2.75, 3.05) is 45.9 Å². The zero-order chi connectivity index (χ0) is 18.3. The molecule has 0 N–H and O–H groups in total. The molecule has 0 aromatic heterocycles. The van der Waals surface area contributed by atoms with Gasteiger partial charge in [0.05, 0.1) is 0 Å². The van der Waals surface area contributed by atoms with Gasteiger partial charge in [-0.1, -0.05) is 27.7 Å². The van der Waals surface area contributed by atoms with Crippen LogP contribution in [0.25, 0.3) is 0 Å². The monoisotopic (exact) mass is 363 g/mol. The Morgan fingerprint density at radius 1 is 1.08 bits per heavy atom. The highest BCUT2D eigenvalue weighted by Gasteiger charge is 2.33. The van der Waals surface area contributed by atoms with Crippen LogP contribution < -0.4 is 0 Å². The van der Waals surface area contributed by atoms with Gasteiger partial charge in [-0.25, -0.2) is 0 Å². The maximum atomic E-state index is 12.5. The maximum Gasteiger partial charge on any atom is 0.282 e. The van der Waals surface area contributed by atoms with Gasteiger partial charge in [0.1, 0.15) is 6.10 Å². The van der Waals surface area contributed by atoms with Crippen molar-refractivity contribution < 1.29 is 17.9 Å². The minimum absolute atomic E-state index is 0.0568. The summed E-state index contributed by atoms with van der Waals surface area (Å²) in [6, 6.07) is 0. The third kappa shape index (κ3) is 5.68. The Morgan fingerprint density at radius 2 is 1.62 bits per heavy atom. The molecule has 1 heterocycles. The molecular formula is C16H33N3O4S. The highest BCUT2D eigenvalue weighted by atomic mass is 32.2. The van der Waals surface area contributed by atoms with E-state index in [1.54, 1.807) is 11.8 Å². The number of rotatable bonds is 9. The molecule has 0 radical (unpaired) electrons. The Balaban J connectivity index is 2.51. The minimum Gasteiger partial charge on any atom is -0.369 e. The standard InChI is InChI=1S/C16H33N3O4S/c1-6-18(7-2)24(21,22)19-11-9-17(10-12-19)16(20)15(5)23-13-8-14(3)4/h14-15H,6-13H2,1-5H3/t15-/m1/s1. The molecule has 1 amide bonds. The molecule has 1 atom stereocenters. The Hall–Kier alpha value is -0.700. The average molecular weight is 364 g/mol. The Labute approximate surface area is 147 Å². The molecule has 142 valence electrons. The first-order chi connectivity index (χ1) is 11.2. The Bertz CT molecular complexity index is 484. The summed E-state index contributed by atoms with van der Waals surface area (Å²) in [5.74, 6) is 0.486. The molecule has 0 aromatic rings. The van der Waals surface area contributed by atoms with E-state index in [0.29, 0.717) is 51.8 Å². The maximum absolute atomic E-state index is 12.5. The quantitative estimate of drug-likeness (QED) is 0.616. The van der Waals surface area contributed by atoms with Crippen molar-refractivity contribution in [1.29, 1.82) is 0 Å². The molecule has 1 aliphatic rings. The van der Waals surface area contributed by atoms with Gasteiger partial charge in [0, 0.05) is 45.9 Å². The van der Waals surface area contributed by atoms with Crippen molar-refractivity contribution in [3.63, 3.8) is 0 Å². The van der Waals surface area contributed by atoms with Crippen LogP contribution in [0.15, 0.2) is 0 Å². The van der Waals surface area contributed by atoms with Gasteiger partial charge in [0.25, 0.3) is 16.1 Å². The van der Waals surface area contributed by atoms with Crippen molar-refractivity contribution in [2.24, 2.45) is 5.92 Å². The fourth-order valence-electron chi connectivity index (χ4n) is 2.66. The van der Waals surface area contributed by atoms with Crippen LogP contribution in [-0.4, -0.2) is 79.8 Å². The van der Waals surface area contributed by atoms with E-state index in [-0.39, 0.29) is 5.91 Å². The van der Waals surface area contributed by atoms with Crippen LogP contribution in [0.3, 0.4) is 0 Å². The molecule has 1 rings (SSSR count). The molecule has 0 spiro atoms.